The summed E-state index contributed by atoms with van der Waals surface area (Å²) in [5, 5.41) is 7.53. The minimum Gasteiger partial charge on any atom is -0.309 e. The zero-order chi connectivity index (χ0) is 33.5. The number of fused-ring (bicyclic) bond motifs is 9. The molecule has 0 bridgehead atoms. The third-order valence-electron chi connectivity index (χ3n) is 10.4. The van der Waals surface area contributed by atoms with Gasteiger partial charge in [0, 0.05) is 48.9 Å². The van der Waals surface area contributed by atoms with E-state index in [1.165, 1.54) is 86.2 Å². The lowest BCUT2D eigenvalue weighted by atomic mass is 10.0. The number of pyridine rings is 1. The predicted octanol–water partition coefficient (Wildman–Crippen LogP) is 13.0. The largest absolute Gasteiger partial charge is 0.309 e. The molecule has 7 aromatic carbocycles. The minimum absolute atomic E-state index is 1.12. The lowest BCUT2D eigenvalue weighted by Gasteiger charge is -2.10. The topological polar surface area (TPSA) is 22.8 Å². The van der Waals surface area contributed by atoms with Gasteiger partial charge in [-0.25, -0.2) is 0 Å². The molecular weight excluding hydrogens is 639 g/mol. The van der Waals surface area contributed by atoms with Gasteiger partial charge in [-0.1, -0.05) is 103 Å². The van der Waals surface area contributed by atoms with Crippen molar-refractivity contribution in [2.45, 2.75) is 0 Å². The first kappa shape index (κ1) is 28.4. The predicted molar refractivity (Wildman–Crippen MR) is 217 cm³/mol. The fraction of sp³-hybridized carbons (Fsp3) is 0. The van der Waals surface area contributed by atoms with E-state index in [9.17, 15) is 0 Å². The van der Waals surface area contributed by atoms with Crippen LogP contribution >= 0.6 is 11.3 Å². The van der Waals surface area contributed by atoms with E-state index in [1.54, 1.807) is 0 Å². The molecule has 238 valence electrons. The van der Waals surface area contributed by atoms with Gasteiger partial charge >= 0.3 is 0 Å². The molecule has 0 aliphatic rings. The first-order valence-electron chi connectivity index (χ1n) is 17.3. The summed E-state index contributed by atoms with van der Waals surface area (Å²) in [5.41, 5.74) is 11.9. The van der Waals surface area contributed by atoms with E-state index in [4.69, 9.17) is 0 Å². The van der Waals surface area contributed by atoms with E-state index in [0.717, 1.165) is 11.2 Å². The number of benzene rings is 7. The molecule has 0 unspecified atom stereocenters. The number of hydrogen-bond donors (Lipinski definition) is 0. The number of aromatic nitrogens is 3. The highest BCUT2D eigenvalue weighted by molar-refractivity contribution is 7.26. The van der Waals surface area contributed by atoms with Gasteiger partial charge in [-0.15, -0.1) is 11.3 Å². The van der Waals surface area contributed by atoms with Crippen molar-refractivity contribution in [2.75, 3.05) is 0 Å². The summed E-state index contributed by atoms with van der Waals surface area (Å²) < 4.78 is 7.39. The second kappa shape index (κ2) is 11.0. The van der Waals surface area contributed by atoms with Crippen LogP contribution in [-0.2, 0) is 0 Å². The van der Waals surface area contributed by atoms with E-state index in [2.05, 4.69) is 178 Å². The quantitative estimate of drug-likeness (QED) is 0.183. The zero-order valence-corrected chi connectivity index (χ0v) is 28.3. The number of para-hydroxylation sites is 1. The van der Waals surface area contributed by atoms with Gasteiger partial charge in [0.1, 0.15) is 0 Å². The summed E-state index contributed by atoms with van der Waals surface area (Å²) in [6.45, 7) is 0. The Morgan fingerprint density at radius 2 is 1.00 bits per heavy atom. The summed E-state index contributed by atoms with van der Waals surface area (Å²) >= 11 is 1.86. The Labute approximate surface area is 297 Å². The second-order valence-corrected chi connectivity index (χ2v) is 14.3. The highest BCUT2D eigenvalue weighted by Gasteiger charge is 2.18. The Kier molecular flexibility index (Phi) is 6.12. The van der Waals surface area contributed by atoms with Crippen molar-refractivity contribution in [1.29, 1.82) is 0 Å². The van der Waals surface area contributed by atoms with E-state index < -0.39 is 0 Å². The summed E-state index contributed by atoms with van der Waals surface area (Å²) in [7, 11) is 0. The monoisotopic (exact) mass is 667 g/mol. The Balaban J connectivity index is 1.07. The molecule has 0 aliphatic carbocycles. The molecule has 3 nitrogen and oxygen atoms in total. The Morgan fingerprint density at radius 3 is 1.80 bits per heavy atom. The van der Waals surface area contributed by atoms with E-state index in [-0.39, 0.29) is 0 Å². The third kappa shape index (κ3) is 4.27. The number of rotatable bonds is 4. The number of nitrogens with zero attached hydrogens (tertiary/aromatic N) is 3. The van der Waals surface area contributed by atoms with Gasteiger partial charge < -0.3 is 9.13 Å². The maximum absolute atomic E-state index is 4.59. The van der Waals surface area contributed by atoms with Crippen molar-refractivity contribution in [1.82, 2.24) is 14.1 Å². The average Bonchev–Trinajstić information content (AvgIpc) is 3.86. The highest BCUT2D eigenvalue weighted by atomic mass is 32.1. The molecule has 0 amide bonds. The lowest BCUT2D eigenvalue weighted by Crippen LogP contribution is -1.94. The van der Waals surface area contributed by atoms with Crippen LogP contribution < -0.4 is 0 Å². The number of hydrogen-bond acceptors (Lipinski definition) is 2. The molecule has 51 heavy (non-hydrogen) atoms. The molecule has 0 atom stereocenters. The maximum atomic E-state index is 4.59. The second-order valence-electron chi connectivity index (χ2n) is 13.2. The zero-order valence-electron chi connectivity index (χ0n) is 27.5. The highest BCUT2D eigenvalue weighted by Crippen LogP contribution is 2.42. The number of thiophene rings is 1. The molecular formula is C47H29N3S. The fourth-order valence-electron chi connectivity index (χ4n) is 8.08. The van der Waals surface area contributed by atoms with E-state index in [1.807, 2.05) is 23.7 Å². The first-order chi connectivity index (χ1) is 25.3. The standard InChI is InChI=1S/C47H29N3S/c1-2-9-30(10-3-1)31-17-21-34(22-18-31)49-41-14-6-4-11-35(41)39-27-32(19-23-42(39)49)33-20-24-43-40(28-33)36-25-26-48-29-45(36)50(43)44-15-8-13-38-37-12-5-7-16-46(37)51-47(38)44/h1-29H. The third-order valence-corrected chi connectivity index (χ3v) is 11.6. The summed E-state index contributed by atoms with van der Waals surface area (Å²) in [6.07, 6.45) is 3.92. The average molecular weight is 668 g/mol. The van der Waals surface area contributed by atoms with Crippen LogP contribution in [0.15, 0.2) is 176 Å². The normalized spacial score (nSPS) is 11.9. The van der Waals surface area contributed by atoms with Crippen LogP contribution in [0.3, 0.4) is 0 Å². The van der Waals surface area contributed by atoms with Crippen LogP contribution in [-0.4, -0.2) is 14.1 Å². The molecule has 4 heterocycles. The first-order valence-corrected chi connectivity index (χ1v) is 18.1. The molecule has 4 heteroatoms. The lowest BCUT2D eigenvalue weighted by molar-refractivity contribution is 1.18. The van der Waals surface area contributed by atoms with Crippen LogP contribution in [0.2, 0.25) is 0 Å². The molecule has 0 fully saturated rings. The SMILES string of the molecule is c1ccc(-c2ccc(-n3c4ccccc4c4cc(-c5ccc6c(c5)c5ccncc5n6-c5cccc6c5sc5ccccc56)ccc43)cc2)cc1. The molecule has 0 N–H and O–H groups in total. The van der Waals surface area contributed by atoms with Gasteiger partial charge in [-0.05, 0) is 82.9 Å². The van der Waals surface area contributed by atoms with Crippen molar-refractivity contribution in [3.8, 4) is 33.6 Å². The van der Waals surface area contributed by atoms with Crippen LogP contribution in [0.1, 0.15) is 0 Å². The Bertz CT molecular complexity index is 3130. The molecule has 4 aromatic heterocycles. The van der Waals surface area contributed by atoms with Gasteiger partial charge in [0.25, 0.3) is 0 Å². The fourth-order valence-corrected chi connectivity index (χ4v) is 9.29. The van der Waals surface area contributed by atoms with E-state index >= 15 is 0 Å². The van der Waals surface area contributed by atoms with Crippen molar-refractivity contribution in [3.05, 3.63) is 176 Å². The minimum atomic E-state index is 1.12. The van der Waals surface area contributed by atoms with E-state index in [0.29, 0.717) is 0 Å². The maximum Gasteiger partial charge on any atom is 0.0725 e. The van der Waals surface area contributed by atoms with Crippen molar-refractivity contribution >= 4 is 75.1 Å². The smallest absolute Gasteiger partial charge is 0.0725 e. The molecule has 0 saturated heterocycles. The van der Waals surface area contributed by atoms with Crippen LogP contribution in [0, 0.1) is 0 Å². The molecule has 0 spiro atoms. The van der Waals surface area contributed by atoms with Gasteiger partial charge in [-0.3, -0.25) is 4.98 Å². The molecule has 11 rings (SSSR count). The van der Waals surface area contributed by atoms with Gasteiger partial charge in [-0.2, -0.15) is 0 Å². The molecule has 0 aliphatic heterocycles. The summed E-state index contributed by atoms with van der Waals surface area (Å²) in [6, 6.07) is 59.6. The van der Waals surface area contributed by atoms with Crippen molar-refractivity contribution < 1.29 is 0 Å². The van der Waals surface area contributed by atoms with Gasteiger partial charge in [0.2, 0.25) is 0 Å². The Morgan fingerprint density at radius 1 is 0.392 bits per heavy atom. The van der Waals surface area contributed by atoms with Crippen molar-refractivity contribution in [3.63, 3.8) is 0 Å². The molecule has 0 saturated carbocycles. The van der Waals surface area contributed by atoms with Crippen molar-refractivity contribution in [2.24, 2.45) is 0 Å². The Hall–Kier alpha value is -6.49. The van der Waals surface area contributed by atoms with Crippen LogP contribution in [0.5, 0.6) is 0 Å². The summed E-state index contributed by atoms with van der Waals surface area (Å²) in [4.78, 5) is 4.59. The molecule has 11 aromatic rings. The van der Waals surface area contributed by atoms with Gasteiger partial charge in [0.15, 0.2) is 0 Å². The van der Waals surface area contributed by atoms with Crippen LogP contribution in [0.4, 0.5) is 0 Å². The summed E-state index contributed by atoms with van der Waals surface area (Å²) in [5.74, 6) is 0. The van der Waals surface area contributed by atoms with Crippen LogP contribution in [0.25, 0.3) is 97.4 Å². The van der Waals surface area contributed by atoms with Gasteiger partial charge in [0.05, 0.1) is 38.7 Å². The molecule has 0 radical (unpaired) electrons.